The molecule has 0 aliphatic carbocycles. The minimum atomic E-state index is -0.894. The van der Waals surface area contributed by atoms with Crippen molar-refractivity contribution >= 4 is 17.3 Å². The molecule has 0 N–H and O–H groups in total. The van der Waals surface area contributed by atoms with Gasteiger partial charge in [-0.3, -0.25) is 9.59 Å². The fraction of sp³-hybridized carbons (Fsp3) is 0.405. The van der Waals surface area contributed by atoms with Gasteiger partial charge in [0.15, 0.2) is 11.6 Å². The largest absolute Gasteiger partial charge is 0.494 e. The van der Waals surface area contributed by atoms with E-state index >= 15 is 0 Å². The number of unbranched alkanes of at least 4 members (excludes halogenated alkanes) is 9. The molecule has 0 fully saturated rings. The summed E-state index contributed by atoms with van der Waals surface area (Å²) in [5, 5.41) is 0. The number of nitrogens with zero attached hydrogens (tertiary/aromatic N) is 1. The molecule has 1 aliphatic rings. The summed E-state index contributed by atoms with van der Waals surface area (Å²) in [4.78, 5) is 29.6. The number of carbonyl (C=O) groups excluding carboxylic acids is 2. The lowest BCUT2D eigenvalue weighted by molar-refractivity contribution is 0.0832. The molecule has 0 unspecified atom stereocenters. The summed E-state index contributed by atoms with van der Waals surface area (Å²) < 4.78 is 6.02. The molecular weight excluding hydrogens is 506 g/mol. The van der Waals surface area contributed by atoms with Gasteiger partial charge in [-0.25, -0.2) is 0 Å². The van der Waals surface area contributed by atoms with Gasteiger partial charge in [0.1, 0.15) is 11.7 Å². The molecule has 1 aliphatic heterocycles. The highest BCUT2D eigenvalue weighted by Crippen LogP contribution is 2.34. The van der Waals surface area contributed by atoms with E-state index < -0.39 is 5.92 Å². The van der Waals surface area contributed by atoms with Crippen LogP contribution in [0.1, 0.15) is 98.3 Å². The third kappa shape index (κ3) is 8.91. The maximum Gasteiger partial charge on any atom is 0.179 e. The van der Waals surface area contributed by atoms with E-state index in [1.54, 1.807) is 24.3 Å². The highest BCUT2D eigenvalue weighted by Gasteiger charge is 2.36. The van der Waals surface area contributed by atoms with Crippen LogP contribution in [0.4, 0.5) is 5.69 Å². The highest BCUT2D eigenvalue weighted by molar-refractivity contribution is 6.18. The zero-order chi connectivity index (χ0) is 28.7. The second-order valence-electron chi connectivity index (χ2n) is 11.0. The summed E-state index contributed by atoms with van der Waals surface area (Å²) in [6.07, 6.45) is 15.9. The van der Waals surface area contributed by atoms with Crippen molar-refractivity contribution in [3.05, 3.63) is 108 Å². The lowest BCUT2D eigenvalue weighted by atomic mass is 9.87. The van der Waals surface area contributed by atoms with Gasteiger partial charge in [-0.2, -0.15) is 0 Å². The Bertz CT molecular complexity index is 1180. The number of Topliss-reactive ketones (excluding diaryl/α,β-unsaturated/α-hetero) is 2. The molecule has 0 amide bonds. The van der Waals surface area contributed by atoms with Gasteiger partial charge in [0.2, 0.25) is 0 Å². The van der Waals surface area contributed by atoms with Gasteiger partial charge in [-0.05, 0) is 37.1 Å². The minimum Gasteiger partial charge on any atom is -0.494 e. The first-order chi connectivity index (χ1) is 20.2. The number of carbonyl (C=O) groups is 2. The average molecular weight is 552 g/mol. The van der Waals surface area contributed by atoms with E-state index in [-0.39, 0.29) is 11.6 Å². The molecule has 4 rings (SSSR count). The lowest BCUT2D eigenvalue weighted by Crippen LogP contribution is -2.34. The van der Waals surface area contributed by atoms with Crippen molar-refractivity contribution in [1.29, 1.82) is 0 Å². The first-order valence-corrected chi connectivity index (χ1v) is 15.6. The molecule has 0 radical (unpaired) electrons. The normalized spacial score (nSPS) is 12.9. The maximum atomic E-state index is 13.8. The Morgan fingerprint density at radius 1 is 0.683 bits per heavy atom. The minimum absolute atomic E-state index is 0.172. The number of hydrogen-bond acceptors (Lipinski definition) is 4. The quantitative estimate of drug-likeness (QED) is 0.0897. The number of anilines is 1. The Morgan fingerprint density at radius 3 is 1.73 bits per heavy atom. The highest BCUT2D eigenvalue weighted by atomic mass is 16.5. The first kappa shape index (κ1) is 30.3. The van der Waals surface area contributed by atoms with Crippen molar-refractivity contribution in [1.82, 2.24) is 0 Å². The first-order valence-electron chi connectivity index (χ1n) is 15.6. The van der Waals surface area contributed by atoms with Crippen LogP contribution in [-0.2, 0) is 0 Å². The van der Waals surface area contributed by atoms with Crippen molar-refractivity contribution in [2.75, 3.05) is 18.1 Å². The summed E-state index contributed by atoms with van der Waals surface area (Å²) in [5.41, 5.74) is 2.81. The lowest BCUT2D eigenvalue weighted by Gasteiger charge is -2.28. The van der Waals surface area contributed by atoms with Crippen LogP contribution < -0.4 is 9.64 Å². The second-order valence-corrected chi connectivity index (χ2v) is 11.0. The average Bonchev–Trinajstić information content (AvgIpc) is 3.50. The molecular formula is C37H45NO3. The Hall–Kier alpha value is -3.66. The number of ether oxygens (including phenoxy) is 1. The molecule has 4 heteroatoms. The van der Waals surface area contributed by atoms with Crippen LogP contribution >= 0.6 is 0 Å². The Kier molecular flexibility index (Phi) is 12.2. The van der Waals surface area contributed by atoms with Crippen LogP contribution in [0.25, 0.3) is 0 Å². The SMILES string of the molecule is CCCCCCCCCCCCOc1ccc(N2CCC=C2C(C(=O)c2ccccc2)C(=O)c2ccccc2)cc1. The van der Waals surface area contributed by atoms with Gasteiger partial charge in [-0.1, -0.05) is 131 Å². The van der Waals surface area contributed by atoms with E-state index in [2.05, 4.69) is 11.8 Å². The number of ketones is 2. The predicted molar refractivity (Wildman–Crippen MR) is 169 cm³/mol. The van der Waals surface area contributed by atoms with Crippen LogP contribution in [0.15, 0.2) is 96.7 Å². The molecule has 216 valence electrons. The third-order valence-electron chi connectivity index (χ3n) is 7.87. The van der Waals surface area contributed by atoms with E-state index in [9.17, 15) is 9.59 Å². The zero-order valence-corrected chi connectivity index (χ0v) is 24.6. The van der Waals surface area contributed by atoms with Gasteiger partial charge in [0, 0.05) is 29.1 Å². The molecule has 41 heavy (non-hydrogen) atoms. The summed E-state index contributed by atoms with van der Waals surface area (Å²) in [6, 6.07) is 26.3. The molecule has 0 saturated carbocycles. The summed E-state index contributed by atoms with van der Waals surface area (Å²) in [6.45, 7) is 3.72. The van der Waals surface area contributed by atoms with Crippen molar-refractivity contribution < 1.29 is 14.3 Å². The summed E-state index contributed by atoms with van der Waals surface area (Å²) in [5.74, 6) is -0.385. The van der Waals surface area contributed by atoms with Crippen LogP contribution in [0.3, 0.4) is 0 Å². The molecule has 3 aromatic rings. The molecule has 0 bridgehead atoms. The van der Waals surface area contributed by atoms with Gasteiger partial charge >= 0.3 is 0 Å². The fourth-order valence-corrected chi connectivity index (χ4v) is 5.56. The number of hydrogen-bond donors (Lipinski definition) is 0. The third-order valence-corrected chi connectivity index (χ3v) is 7.87. The molecule has 1 heterocycles. The van der Waals surface area contributed by atoms with E-state index in [0.717, 1.165) is 43.1 Å². The smallest absolute Gasteiger partial charge is 0.179 e. The van der Waals surface area contributed by atoms with E-state index in [0.29, 0.717) is 11.1 Å². The van der Waals surface area contributed by atoms with Crippen LogP contribution in [-0.4, -0.2) is 24.7 Å². The van der Waals surface area contributed by atoms with Crippen LogP contribution in [0.2, 0.25) is 0 Å². The zero-order valence-electron chi connectivity index (χ0n) is 24.6. The molecule has 4 nitrogen and oxygen atoms in total. The van der Waals surface area contributed by atoms with E-state index in [1.807, 2.05) is 66.7 Å². The van der Waals surface area contributed by atoms with E-state index in [1.165, 1.54) is 57.8 Å². The predicted octanol–water partition coefficient (Wildman–Crippen LogP) is 9.46. The Labute approximate surface area is 246 Å². The monoisotopic (exact) mass is 551 g/mol. The van der Waals surface area contributed by atoms with Gasteiger partial charge in [-0.15, -0.1) is 0 Å². The Morgan fingerprint density at radius 2 is 1.20 bits per heavy atom. The van der Waals surface area contributed by atoms with Crippen molar-refractivity contribution in [3.63, 3.8) is 0 Å². The van der Waals surface area contributed by atoms with Crippen molar-refractivity contribution in [2.45, 2.75) is 77.6 Å². The molecule has 0 saturated heterocycles. The molecule has 0 aromatic heterocycles. The van der Waals surface area contributed by atoms with Crippen LogP contribution in [0.5, 0.6) is 5.75 Å². The summed E-state index contributed by atoms with van der Waals surface area (Å²) >= 11 is 0. The van der Waals surface area contributed by atoms with Crippen LogP contribution in [0, 0.1) is 5.92 Å². The maximum absolute atomic E-state index is 13.8. The topological polar surface area (TPSA) is 46.6 Å². The van der Waals surface area contributed by atoms with Gasteiger partial charge in [0.05, 0.1) is 6.61 Å². The van der Waals surface area contributed by atoms with Gasteiger partial charge in [0.25, 0.3) is 0 Å². The number of rotatable bonds is 18. The van der Waals surface area contributed by atoms with Gasteiger partial charge < -0.3 is 9.64 Å². The standard InChI is InChI=1S/C37H45NO3/c1-2-3-4-5-6-7-8-9-10-17-29-41-33-26-24-32(25-27-33)38-28-18-23-34(38)35(36(39)30-19-13-11-14-20-30)37(40)31-21-15-12-16-22-31/h11-16,19-27,35H,2-10,17-18,28-29H2,1H3. The van der Waals surface area contributed by atoms with Crippen molar-refractivity contribution in [2.24, 2.45) is 5.92 Å². The Balaban J connectivity index is 1.33. The fourth-order valence-electron chi connectivity index (χ4n) is 5.56. The molecule has 0 spiro atoms. The van der Waals surface area contributed by atoms with E-state index in [4.69, 9.17) is 4.74 Å². The molecule has 3 aromatic carbocycles. The summed E-state index contributed by atoms with van der Waals surface area (Å²) in [7, 11) is 0. The number of allylic oxidation sites excluding steroid dienone is 1. The second kappa shape index (κ2) is 16.6. The number of benzene rings is 3. The molecule has 0 atom stereocenters. The van der Waals surface area contributed by atoms with Crippen molar-refractivity contribution in [3.8, 4) is 5.75 Å².